The highest BCUT2D eigenvalue weighted by atomic mass is 28.4. The zero-order chi connectivity index (χ0) is 19.5. The monoisotopic (exact) mass is 374 g/mol. The van der Waals surface area contributed by atoms with E-state index < -0.39 is 8.32 Å². The van der Waals surface area contributed by atoms with Crippen LogP contribution in [-0.4, -0.2) is 19.4 Å². The van der Waals surface area contributed by atoms with E-state index in [1.165, 1.54) is 48.0 Å². The minimum Gasteiger partial charge on any atom is -0.542 e. The summed E-state index contributed by atoms with van der Waals surface area (Å²) in [5.41, 5.74) is 3.65. The van der Waals surface area contributed by atoms with Crippen LogP contribution in [0.15, 0.2) is 18.2 Å². The summed E-state index contributed by atoms with van der Waals surface area (Å²) in [5.74, 6) is 1.07. The van der Waals surface area contributed by atoms with E-state index in [-0.39, 0.29) is 5.04 Å². The summed E-state index contributed by atoms with van der Waals surface area (Å²) in [5, 5.41) is 5.01. The van der Waals surface area contributed by atoms with Gasteiger partial charge in [-0.25, -0.2) is 0 Å². The summed E-state index contributed by atoms with van der Waals surface area (Å²) in [4.78, 5) is 0. The number of aromatic nitrogens is 1. The fourth-order valence-corrected chi connectivity index (χ4v) is 4.04. The number of unbranched alkanes of at least 4 members (excludes halogenated alkanes) is 3. The van der Waals surface area contributed by atoms with Crippen LogP contribution in [0.1, 0.15) is 59.1 Å². The van der Waals surface area contributed by atoms with Crippen LogP contribution in [0.25, 0.3) is 10.9 Å². The van der Waals surface area contributed by atoms with Crippen LogP contribution >= 0.6 is 0 Å². The van der Waals surface area contributed by atoms with Crippen LogP contribution < -0.4 is 9.74 Å². The van der Waals surface area contributed by atoms with E-state index in [0.717, 1.165) is 12.3 Å². The molecule has 0 saturated heterocycles. The number of fused-ring (bicyclic) bond motifs is 1. The minimum atomic E-state index is -1.87. The first kappa shape index (κ1) is 20.9. The van der Waals surface area contributed by atoms with E-state index in [9.17, 15) is 0 Å². The van der Waals surface area contributed by atoms with Gasteiger partial charge in [-0.05, 0) is 49.7 Å². The van der Waals surface area contributed by atoms with Gasteiger partial charge < -0.3 is 14.3 Å². The Balaban J connectivity index is 2.29. The zero-order valence-corrected chi connectivity index (χ0v) is 19.1. The number of hydrogen-bond acceptors (Lipinski definition) is 2. The summed E-state index contributed by atoms with van der Waals surface area (Å²) >= 11 is 0. The van der Waals surface area contributed by atoms with Crippen molar-refractivity contribution in [3.05, 3.63) is 23.9 Å². The largest absolute Gasteiger partial charge is 0.542 e. The van der Waals surface area contributed by atoms with Crippen molar-refractivity contribution < 1.29 is 4.43 Å². The average Bonchev–Trinajstić information content (AvgIpc) is 2.78. The number of nitrogens with zero attached hydrogens (tertiary/aromatic N) is 1. The normalized spacial score (nSPS) is 12.6. The van der Waals surface area contributed by atoms with Crippen LogP contribution in [0.4, 0.5) is 5.69 Å². The van der Waals surface area contributed by atoms with E-state index in [4.69, 9.17) is 4.43 Å². The van der Waals surface area contributed by atoms with Crippen molar-refractivity contribution in [2.45, 2.75) is 78.4 Å². The lowest BCUT2D eigenvalue weighted by molar-refractivity contribution is 0.491. The molecule has 3 nitrogen and oxygen atoms in total. The van der Waals surface area contributed by atoms with Gasteiger partial charge in [-0.15, -0.1) is 0 Å². The van der Waals surface area contributed by atoms with E-state index in [2.05, 4.69) is 82.8 Å². The van der Waals surface area contributed by atoms with E-state index in [1.54, 1.807) is 0 Å². The molecule has 0 bridgehead atoms. The fourth-order valence-electron chi connectivity index (χ4n) is 2.97. The van der Waals surface area contributed by atoms with Crippen molar-refractivity contribution in [1.29, 1.82) is 0 Å². The number of benzene rings is 1. The summed E-state index contributed by atoms with van der Waals surface area (Å²) in [6.07, 6.45) is 5.13. The zero-order valence-electron chi connectivity index (χ0n) is 18.1. The Hall–Kier alpha value is -1.42. The fraction of sp³-hybridized carbons (Fsp3) is 0.636. The third kappa shape index (κ3) is 4.45. The first-order valence-corrected chi connectivity index (χ1v) is 13.0. The molecule has 0 amide bonds. The highest BCUT2D eigenvalue weighted by Gasteiger charge is 2.40. The predicted octanol–water partition coefficient (Wildman–Crippen LogP) is 6.86. The summed E-state index contributed by atoms with van der Waals surface area (Å²) in [6.45, 7) is 17.0. The van der Waals surface area contributed by atoms with E-state index >= 15 is 0 Å². The third-order valence-electron chi connectivity index (χ3n) is 5.96. The molecule has 2 aromatic rings. The molecule has 1 aromatic heterocycles. The van der Waals surface area contributed by atoms with E-state index in [1.807, 2.05) is 0 Å². The number of rotatable bonds is 8. The second-order valence-electron chi connectivity index (χ2n) is 9.06. The van der Waals surface area contributed by atoms with Crippen molar-refractivity contribution in [2.75, 3.05) is 11.9 Å². The van der Waals surface area contributed by atoms with Gasteiger partial charge in [0.25, 0.3) is 8.32 Å². The van der Waals surface area contributed by atoms with Gasteiger partial charge in [0, 0.05) is 24.7 Å². The maximum absolute atomic E-state index is 6.73. The maximum Gasteiger partial charge on any atom is 0.250 e. The van der Waals surface area contributed by atoms with E-state index in [0.29, 0.717) is 0 Å². The Morgan fingerprint density at radius 1 is 1.12 bits per heavy atom. The molecule has 146 valence electrons. The molecule has 4 heteroatoms. The molecule has 1 heterocycles. The van der Waals surface area contributed by atoms with Gasteiger partial charge in [-0.3, -0.25) is 0 Å². The van der Waals surface area contributed by atoms with Crippen molar-refractivity contribution in [3.63, 3.8) is 0 Å². The molecule has 0 aliphatic rings. The number of hydrogen-bond donors (Lipinski definition) is 1. The molecule has 2 rings (SSSR count). The lowest BCUT2D eigenvalue weighted by Crippen LogP contribution is -2.44. The van der Waals surface area contributed by atoms with Crippen LogP contribution in [0.3, 0.4) is 0 Å². The summed E-state index contributed by atoms with van der Waals surface area (Å²) in [6, 6.07) is 6.68. The predicted molar refractivity (Wildman–Crippen MR) is 118 cm³/mol. The summed E-state index contributed by atoms with van der Waals surface area (Å²) in [7, 11) is 0.260. The molecular formula is C22H38N2OSi. The molecule has 0 fully saturated rings. The van der Waals surface area contributed by atoms with Gasteiger partial charge in [0.15, 0.2) is 0 Å². The van der Waals surface area contributed by atoms with Crippen LogP contribution in [-0.2, 0) is 7.05 Å². The molecule has 1 aromatic carbocycles. The Bertz CT molecular complexity index is 741. The van der Waals surface area contributed by atoms with Gasteiger partial charge in [-0.1, -0.05) is 47.0 Å². The minimum absolute atomic E-state index is 0.191. The first-order chi connectivity index (χ1) is 12.1. The van der Waals surface area contributed by atoms with Crippen molar-refractivity contribution in [1.82, 2.24) is 4.57 Å². The van der Waals surface area contributed by atoms with Crippen LogP contribution in [0.5, 0.6) is 5.75 Å². The van der Waals surface area contributed by atoms with Gasteiger partial charge in [0.05, 0.1) is 11.2 Å². The van der Waals surface area contributed by atoms with Gasteiger partial charge >= 0.3 is 0 Å². The van der Waals surface area contributed by atoms with Crippen LogP contribution in [0.2, 0.25) is 18.1 Å². The quantitative estimate of drug-likeness (QED) is 0.403. The third-order valence-corrected chi connectivity index (χ3v) is 10.3. The second-order valence-corrected chi connectivity index (χ2v) is 13.8. The molecule has 0 radical (unpaired) electrons. The molecular weight excluding hydrogens is 336 g/mol. The average molecular weight is 375 g/mol. The van der Waals surface area contributed by atoms with Crippen molar-refractivity contribution >= 4 is 24.9 Å². The lowest BCUT2D eigenvalue weighted by Gasteiger charge is -2.36. The molecule has 26 heavy (non-hydrogen) atoms. The molecule has 0 aliphatic carbocycles. The van der Waals surface area contributed by atoms with Gasteiger partial charge in [0.1, 0.15) is 5.75 Å². The smallest absolute Gasteiger partial charge is 0.250 e. The molecule has 0 aliphatic heterocycles. The van der Waals surface area contributed by atoms with Crippen molar-refractivity contribution in [2.24, 2.45) is 7.05 Å². The maximum atomic E-state index is 6.73. The highest BCUT2D eigenvalue weighted by molar-refractivity contribution is 6.74. The molecule has 0 saturated carbocycles. The molecule has 0 unspecified atom stereocenters. The molecule has 0 spiro atoms. The Morgan fingerprint density at radius 3 is 2.42 bits per heavy atom. The number of nitrogens with one attached hydrogen (secondary N) is 1. The molecule has 0 atom stereocenters. The topological polar surface area (TPSA) is 26.2 Å². The SMILES string of the molecule is CCCCCCNc1ccc2c(c1)c(O[Si](C)(C)C(C)(C)C)c(C)n2C. The Kier molecular flexibility index (Phi) is 6.49. The Morgan fingerprint density at radius 2 is 1.81 bits per heavy atom. The van der Waals surface area contributed by atoms with Crippen molar-refractivity contribution in [3.8, 4) is 5.75 Å². The Labute approximate surface area is 161 Å². The first-order valence-electron chi connectivity index (χ1n) is 10.1. The number of aryl methyl sites for hydroxylation is 1. The lowest BCUT2D eigenvalue weighted by atomic mass is 10.2. The van der Waals surface area contributed by atoms with Gasteiger partial charge in [0.2, 0.25) is 0 Å². The van der Waals surface area contributed by atoms with Crippen LogP contribution in [0, 0.1) is 6.92 Å². The second kappa shape index (κ2) is 8.08. The molecule has 1 N–H and O–H groups in total. The number of anilines is 1. The summed E-state index contributed by atoms with van der Waals surface area (Å²) < 4.78 is 8.99. The standard InChI is InChI=1S/C22H38N2OSi/c1-9-10-11-12-15-23-18-13-14-20-19(16-18)21(17(2)24(20)6)25-26(7,8)22(3,4)5/h13-14,16,23H,9-12,15H2,1-8H3. The van der Waals surface area contributed by atoms with Gasteiger partial charge in [-0.2, -0.15) is 0 Å². The highest BCUT2D eigenvalue weighted by Crippen LogP contribution is 2.41.